The molecule has 1 saturated heterocycles. The van der Waals surface area contributed by atoms with Crippen molar-refractivity contribution in [1.82, 2.24) is 9.97 Å². The molecule has 1 N–H and O–H groups in total. The highest BCUT2D eigenvalue weighted by Gasteiger charge is 2.11. The first kappa shape index (κ1) is 20.5. The standard InChI is InChI=1S/C24H23N5O2/c25-10-8-24(30)27-20-3-1-2-19(17-20)22-9-11-26-23(28-22)16-18-4-6-21(7-5-18)29-12-14-31-15-13-29/h1-7,9,11,17H,8,12-16H2,(H,27,30). The fourth-order valence-corrected chi connectivity index (χ4v) is 3.51. The molecular formula is C24H23N5O2. The van der Waals surface area contributed by atoms with Crippen LogP contribution in [0.5, 0.6) is 0 Å². The van der Waals surface area contributed by atoms with Gasteiger partial charge in [0.25, 0.3) is 0 Å². The van der Waals surface area contributed by atoms with Crippen molar-refractivity contribution >= 4 is 17.3 Å². The van der Waals surface area contributed by atoms with Crippen molar-refractivity contribution in [1.29, 1.82) is 5.26 Å². The van der Waals surface area contributed by atoms with Gasteiger partial charge in [-0.15, -0.1) is 0 Å². The molecule has 31 heavy (non-hydrogen) atoms. The van der Waals surface area contributed by atoms with E-state index in [-0.39, 0.29) is 12.3 Å². The molecule has 0 atom stereocenters. The Bertz CT molecular complexity index is 1090. The Hall–Kier alpha value is -3.76. The van der Waals surface area contributed by atoms with Gasteiger partial charge in [0.05, 0.1) is 25.0 Å². The maximum Gasteiger partial charge on any atom is 0.238 e. The van der Waals surface area contributed by atoms with Crippen LogP contribution in [0.1, 0.15) is 17.8 Å². The van der Waals surface area contributed by atoms with Gasteiger partial charge in [0.2, 0.25) is 5.91 Å². The molecule has 2 aromatic carbocycles. The smallest absolute Gasteiger partial charge is 0.238 e. The largest absolute Gasteiger partial charge is 0.378 e. The maximum atomic E-state index is 11.7. The van der Waals surface area contributed by atoms with Gasteiger partial charge >= 0.3 is 0 Å². The van der Waals surface area contributed by atoms with Crippen molar-refractivity contribution in [2.45, 2.75) is 12.8 Å². The minimum atomic E-state index is -0.330. The van der Waals surface area contributed by atoms with Crippen LogP contribution in [0.25, 0.3) is 11.3 Å². The van der Waals surface area contributed by atoms with Gasteiger partial charge in [0.15, 0.2) is 0 Å². The highest BCUT2D eigenvalue weighted by molar-refractivity contribution is 5.92. The Kier molecular flexibility index (Phi) is 6.50. The van der Waals surface area contributed by atoms with Crippen LogP contribution in [-0.2, 0) is 16.0 Å². The number of benzene rings is 2. The van der Waals surface area contributed by atoms with Crippen LogP contribution in [0.4, 0.5) is 11.4 Å². The number of carbonyl (C=O) groups excluding carboxylic acids is 1. The summed E-state index contributed by atoms with van der Waals surface area (Å²) >= 11 is 0. The minimum Gasteiger partial charge on any atom is -0.378 e. The van der Waals surface area contributed by atoms with Gasteiger partial charge < -0.3 is 15.0 Å². The number of hydrogen-bond acceptors (Lipinski definition) is 6. The van der Waals surface area contributed by atoms with Gasteiger partial charge in [-0.2, -0.15) is 5.26 Å². The topological polar surface area (TPSA) is 91.1 Å². The maximum absolute atomic E-state index is 11.7. The first-order valence-corrected chi connectivity index (χ1v) is 10.2. The first-order valence-electron chi connectivity index (χ1n) is 10.2. The third-order valence-corrected chi connectivity index (χ3v) is 5.06. The molecule has 156 valence electrons. The third kappa shape index (κ3) is 5.44. The number of nitriles is 1. The highest BCUT2D eigenvalue weighted by atomic mass is 16.5. The lowest BCUT2D eigenvalue weighted by molar-refractivity contribution is -0.115. The molecule has 7 heteroatoms. The zero-order valence-electron chi connectivity index (χ0n) is 17.1. The second-order valence-electron chi connectivity index (χ2n) is 7.26. The summed E-state index contributed by atoms with van der Waals surface area (Å²) in [6, 6.07) is 19.6. The zero-order valence-corrected chi connectivity index (χ0v) is 17.1. The average Bonchev–Trinajstić information content (AvgIpc) is 2.81. The Balaban J connectivity index is 1.46. The number of hydrogen-bond donors (Lipinski definition) is 1. The van der Waals surface area contributed by atoms with Crippen LogP contribution >= 0.6 is 0 Å². The number of aromatic nitrogens is 2. The summed E-state index contributed by atoms with van der Waals surface area (Å²) in [4.78, 5) is 23.1. The number of amides is 1. The van der Waals surface area contributed by atoms with Crippen molar-refractivity contribution in [3.05, 3.63) is 72.2 Å². The molecule has 4 rings (SSSR count). The number of anilines is 2. The predicted octanol–water partition coefficient (Wildman–Crippen LogP) is 3.42. The van der Waals surface area contributed by atoms with Crippen molar-refractivity contribution < 1.29 is 9.53 Å². The first-order chi connectivity index (χ1) is 15.2. The van der Waals surface area contributed by atoms with Crippen molar-refractivity contribution in [2.75, 3.05) is 36.5 Å². The third-order valence-electron chi connectivity index (χ3n) is 5.06. The Labute approximate surface area is 181 Å². The highest BCUT2D eigenvalue weighted by Crippen LogP contribution is 2.22. The monoisotopic (exact) mass is 413 g/mol. The second kappa shape index (κ2) is 9.83. The van der Waals surface area contributed by atoms with Gasteiger partial charge in [0, 0.05) is 42.6 Å². The Morgan fingerprint density at radius 3 is 2.71 bits per heavy atom. The average molecular weight is 413 g/mol. The molecule has 0 radical (unpaired) electrons. The van der Waals surface area contributed by atoms with Crippen LogP contribution in [0, 0.1) is 11.3 Å². The second-order valence-corrected chi connectivity index (χ2v) is 7.26. The molecule has 0 bridgehead atoms. The number of morpholine rings is 1. The lowest BCUT2D eigenvalue weighted by Gasteiger charge is -2.28. The van der Waals surface area contributed by atoms with Crippen LogP contribution in [-0.4, -0.2) is 42.2 Å². The minimum absolute atomic E-state index is 0.174. The van der Waals surface area contributed by atoms with Crippen LogP contribution in [0.2, 0.25) is 0 Å². The van der Waals surface area contributed by atoms with Crippen molar-refractivity contribution in [3.8, 4) is 17.3 Å². The van der Waals surface area contributed by atoms with E-state index in [1.165, 1.54) is 5.69 Å². The van der Waals surface area contributed by atoms with E-state index in [0.29, 0.717) is 12.1 Å². The van der Waals surface area contributed by atoms with E-state index in [0.717, 1.165) is 48.9 Å². The van der Waals surface area contributed by atoms with Crippen LogP contribution in [0.3, 0.4) is 0 Å². The van der Waals surface area contributed by atoms with Crippen molar-refractivity contribution in [2.24, 2.45) is 0 Å². The van der Waals surface area contributed by atoms with Gasteiger partial charge in [-0.25, -0.2) is 9.97 Å². The number of nitrogens with one attached hydrogen (secondary N) is 1. The molecule has 2 heterocycles. The number of rotatable bonds is 6. The van der Waals surface area contributed by atoms with E-state index >= 15 is 0 Å². The summed E-state index contributed by atoms with van der Waals surface area (Å²) in [5, 5.41) is 11.4. The van der Waals surface area contributed by atoms with Crippen molar-refractivity contribution in [3.63, 3.8) is 0 Å². The molecule has 0 spiro atoms. The summed E-state index contributed by atoms with van der Waals surface area (Å²) in [5.41, 5.74) is 4.65. The molecule has 0 aliphatic carbocycles. The lowest BCUT2D eigenvalue weighted by atomic mass is 10.1. The molecule has 7 nitrogen and oxygen atoms in total. The van der Waals surface area contributed by atoms with E-state index in [2.05, 4.69) is 39.5 Å². The summed E-state index contributed by atoms with van der Waals surface area (Å²) in [6.45, 7) is 3.37. The van der Waals surface area contributed by atoms with Crippen LogP contribution in [0.15, 0.2) is 60.8 Å². The predicted molar refractivity (Wildman–Crippen MR) is 119 cm³/mol. The normalized spacial score (nSPS) is 13.5. The molecule has 1 aromatic heterocycles. The SMILES string of the molecule is N#CCC(=O)Nc1cccc(-c2ccnc(Cc3ccc(N4CCOCC4)cc3)n2)c1. The zero-order chi connectivity index (χ0) is 21.5. The Morgan fingerprint density at radius 2 is 1.94 bits per heavy atom. The summed E-state index contributed by atoms with van der Waals surface area (Å²) in [5.74, 6) is 0.402. The number of carbonyl (C=O) groups is 1. The van der Waals surface area contributed by atoms with Gasteiger partial charge in [-0.05, 0) is 35.9 Å². The molecule has 1 fully saturated rings. The van der Waals surface area contributed by atoms with Crippen LogP contribution < -0.4 is 10.2 Å². The summed E-state index contributed by atoms with van der Waals surface area (Å²) in [7, 11) is 0. The number of ether oxygens (including phenoxy) is 1. The molecule has 3 aromatic rings. The molecule has 1 amide bonds. The van der Waals surface area contributed by atoms with Gasteiger partial charge in [0.1, 0.15) is 12.2 Å². The fourth-order valence-electron chi connectivity index (χ4n) is 3.51. The molecular weight excluding hydrogens is 390 g/mol. The van der Waals surface area contributed by atoms with Gasteiger partial charge in [-0.3, -0.25) is 4.79 Å². The quantitative estimate of drug-likeness (QED) is 0.666. The van der Waals surface area contributed by atoms with E-state index in [4.69, 9.17) is 15.0 Å². The summed E-state index contributed by atoms with van der Waals surface area (Å²) in [6.07, 6.45) is 2.21. The summed E-state index contributed by atoms with van der Waals surface area (Å²) < 4.78 is 5.42. The number of nitrogens with zero attached hydrogens (tertiary/aromatic N) is 4. The molecule has 0 unspecified atom stereocenters. The Morgan fingerprint density at radius 1 is 1.13 bits per heavy atom. The molecule has 1 aliphatic rings. The van der Waals surface area contributed by atoms with E-state index in [1.54, 1.807) is 12.3 Å². The fraction of sp³-hybridized carbons (Fsp3) is 0.250. The van der Waals surface area contributed by atoms with Gasteiger partial charge in [-0.1, -0.05) is 24.3 Å². The molecule has 1 aliphatic heterocycles. The van der Waals surface area contributed by atoms with E-state index < -0.39 is 0 Å². The van der Waals surface area contributed by atoms with E-state index in [9.17, 15) is 4.79 Å². The lowest BCUT2D eigenvalue weighted by Crippen LogP contribution is -2.36. The van der Waals surface area contributed by atoms with E-state index in [1.807, 2.05) is 30.3 Å². The molecule has 0 saturated carbocycles.